The molecule has 0 atom stereocenters. The van der Waals surface area contributed by atoms with Crippen molar-refractivity contribution in [1.29, 1.82) is 0 Å². The third kappa shape index (κ3) is 3.19. The molecule has 3 nitrogen and oxygen atoms in total. The Hall–Kier alpha value is -1.64. The highest BCUT2D eigenvalue weighted by atomic mass is 16.2. The maximum Gasteiger partial charge on any atom is 0.244 e. The summed E-state index contributed by atoms with van der Waals surface area (Å²) in [5, 5.41) is 4.10. The molecule has 1 fully saturated rings. The molecule has 1 N–H and O–H groups in total. The van der Waals surface area contributed by atoms with E-state index in [0.29, 0.717) is 12.3 Å². The van der Waals surface area contributed by atoms with Gasteiger partial charge < -0.3 is 0 Å². The fraction of sp³-hybridized carbons (Fsp3) is 0.385. The lowest BCUT2D eigenvalue weighted by atomic mass is 10.1. The molecule has 3 heteroatoms. The van der Waals surface area contributed by atoms with Gasteiger partial charge in [0.05, 0.1) is 6.42 Å². The van der Waals surface area contributed by atoms with Crippen LogP contribution in [0.15, 0.2) is 35.4 Å². The zero-order valence-electron chi connectivity index (χ0n) is 9.44. The first-order valence-electron chi connectivity index (χ1n) is 5.62. The highest BCUT2D eigenvalue weighted by molar-refractivity contribution is 5.88. The smallest absolute Gasteiger partial charge is 0.244 e. The molecule has 1 saturated carbocycles. The summed E-state index contributed by atoms with van der Waals surface area (Å²) in [7, 11) is 0. The Morgan fingerprint density at radius 1 is 1.38 bits per heavy atom. The molecular weight excluding hydrogens is 200 g/mol. The highest BCUT2D eigenvalue weighted by Crippen LogP contribution is 2.30. The maximum absolute atomic E-state index is 11.5. The van der Waals surface area contributed by atoms with Crippen molar-refractivity contribution in [3.05, 3.63) is 35.9 Å². The van der Waals surface area contributed by atoms with Crippen molar-refractivity contribution in [2.75, 3.05) is 0 Å². The number of nitrogens with zero attached hydrogens (tertiary/aromatic N) is 1. The van der Waals surface area contributed by atoms with E-state index < -0.39 is 0 Å². The van der Waals surface area contributed by atoms with Crippen molar-refractivity contribution in [3.8, 4) is 0 Å². The number of carbonyl (C=O) groups excluding carboxylic acids is 1. The van der Waals surface area contributed by atoms with Crippen molar-refractivity contribution in [2.24, 2.45) is 11.0 Å². The molecule has 2 rings (SSSR count). The number of hydrogen-bond acceptors (Lipinski definition) is 2. The van der Waals surface area contributed by atoms with Gasteiger partial charge in [-0.15, -0.1) is 0 Å². The van der Waals surface area contributed by atoms with E-state index in [1.54, 1.807) is 0 Å². The largest absolute Gasteiger partial charge is 0.273 e. The third-order valence-electron chi connectivity index (χ3n) is 2.73. The second kappa shape index (κ2) is 4.92. The summed E-state index contributed by atoms with van der Waals surface area (Å²) in [6.45, 7) is 1.97. The van der Waals surface area contributed by atoms with E-state index in [2.05, 4.69) is 10.5 Å². The minimum Gasteiger partial charge on any atom is -0.273 e. The van der Waals surface area contributed by atoms with E-state index in [-0.39, 0.29) is 5.91 Å². The quantitative estimate of drug-likeness (QED) is 0.608. The second-order valence-corrected chi connectivity index (χ2v) is 4.22. The van der Waals surface area contributed by atoms with Gasteiger partial charge in [-0.1, -0.05) is 30.3 Å². The molecule has 0 spiro atoms. The predicted molar refractivity (Wildman–Crippen MR) is 64.1 cm³/mol. The fourth-order valence-electron chi connectivity index (χ4n) is 1.56. The zero-order chi connectivity index (χ0) is 11.4. The van der Waals surface area contributed by atoms with Gasteiger partial charge in [-0.3, -0.25) is 4.79 Å². The average Bonchev–Trinajstić information content (AvgIpc) is 3.11. The minimum atomic E-state index is -0.0498. The number of benzene rings is 1. The lowest BCUT2D eigenvalue weighted by Gasteiger charge is -2.01. The van der Waals surface area contributed by atoms with Gasteiger partial charge in [0.15, 0.2) is 0 Å². The van der Waals surface area contributed by atoms with Crippen LogP contribution in [0.25, 0.3) is 0 Å². The Balaban J connectivity index is 1.82. The number of hydrogen-bond donors (Lipinski definition) is 1. The summed E-state index contributed by atoms with van der Waals surface area (Å²) in [4.78, 5) is 11.5. The topological polar surface area (TPSA) is 41.5 Å². The van der Waals surface area contributed by atoms with E-state index in [0.717, 1.165) is 11.3 Å². The first-order chi connectivity index (χ1) is 7.75. The van der Waals surface area contributed by atoms with Gasteiger partial charge in [-0.05, 0) is 31.2 Å². The molecule has 0 aliphatic heterocycles. The van der Waals surface area contributed by atoms with Crippen molar-refractivity contribution < 1.29 is 4.79 Å². The van der Waals surface area contributed by atoms with Gasteiger partial charge >= 0.3 is 0 Å². The SMILES string of the molecule is CC(=NNC(=O)Cc1ccccc1)C1CC1. The van der Waals surface area contributed by atoms with Gasteiger partial charge in [0, 0.05) is 5.71 Å². The fourth-order valence-corrected chi connectivity index (χ4v) is 1.56. The van der Waals surface area contributed by atoms with Crippen molar-refractivity contribution >= 4 is 11.6 Å². The van der Waals surface area contributed by atoms with Crippen molar-refractivity contribution in [2.45, 2.75) is 26.2 Å². The van der Waals surface area contributed by atoms with Crippen LogP contribution in [0.2, 0.25) is 0 Å². The molecule has 0 bridgehead atoms. The number of amides is 1. The first kappa shape index (κ1) is 10.9. The lowest BCUT2D eigenvalue weighted by molar-refractivity contribution is -0.120. The Kier molecular flexibility index (Phi) is 3.34. The second-order valence-electron chi connectivity index (χ2n) is 4.22. The van der Waals surface area contributed by atoms with Crippen LogP contribution in [0.5, 0.6) is 0 Å². The number of carbonyl (C=O) groups is 1. The summed E-state index contributed by atoms with van der Waals surface area (Å²) >= 11 is 0. The van der Waals surface area contributed by atoms with Crippen molar-refractivity contribution in [3.63, 3.8) is 0 Å². The van der Waals surface area contributed by atoms with Gasteiger partial charge in [0.2, 0.25) is 5.91 Å². The monoisotopic (exact) mass is 216 g/mol. The molecule has 0 unspecified atom stereocenters. The number of rotatable bonds is 4. The first-order valence-corrected chi connectivity index (χ1v) is 5.62. The predicted octanol–water partition coefficient (Wildman–Crippen LogP) is 2.13. The molecule has 0 aromatic heterocycles. The van der Waals surface area contributed by atoms with E-state index in [1.807, 2.05) is 37.3 Å². The van der Waals surface area contributed by atoms with E-state index in [4.69, 9.17) is 0 Å². The molecule has 1 aliphatic carbocycles. The molecule has 0 saturated heterocycles. The van der Waals surface area contributed by atoms with Gasteiger partial charge in [-0.25, -0.2) is 5.43 Å². The normalized spacial score (nSPS) is 15.9. The summed E-state index contributed by atoms with van der Waals surface area (Å²) in [5.74, 6) is 0.559. The van der Waals surface area contributed by atoms with Crippen LogP contribution < -0.4 is 5.43 Å². The summed E-state index contributed by atoms with van der Waals surface area (Å²) in [6, 6.07) is 9.69. The van der Waals surface area contributed by atoms with Crippen LogP contribution in [-0.4, -0.2) is 11.6 Å². The molecule has 16 heavy (non-hydrogen) atoms. The molecule has 1 aliphatic rings. The van der Waals surface area contributed by atoms with Crippen LogP contribution in [0.1, 0.15) is 25.3 Å². The Morgan fingerprint density at radius 2 is 2.06 bits per heavy atom. The third-order valence-corrected chi connectivity index (χ3v) is 2.73. The standard InChI is InChI=1S/C13H16N2O/c1-10(12-7-8-12)14-15-13(16)9-11-5-3-2-4-6-11/h2-6,12H,7-9H2,1H3,(H,15,16). The molecule has 1 amide bonds. The maximum atomic E-state index is 11.5. The minimum absolute atomic E-state index is 0.0498. The zero-order valence-corrected chi connectivity index (χ0v) is 9.44. The van der Waals surface area contributed by atoms with E-state index in [1.165, 1.54) is 12.8 Å². The Bertz CT molecular complexity index is 394. The summed E-state index contributed by atoms with van der Waals surface area (Å²) in [6.07, 6.45) is 2.82. The number of nitrogens with one attached hydrogen (secondary N) is 1. The lowest BCUT2D eigenvalue weighted by Crippen LogP contribution is -2.21. The van der Waals surface area contributed by atoms with Crippen LogP contribution >= 0.6 is 0 Å². The van der Waals surface area contributed by atoms with E-state index in [9.17, 15) is 4.79 Å². The molecule has 1 aromatic carbocycles. The average molecular weight is 216 g/mol. The van der Waals surface area contributed by atoms with Crippen LogP contribution in [0, 0.1) is 5.92 Å². The van der Waals surface area contributed by atoms with Crippen molar-refractivity contribution in [1.82, 2.24) is 5.43 Å². The van der Waals surface area contributed by atoms with Crippen LogP contribution in [0.3, 0.4) is 0 Å². The Morgan fingerprint density at radius 3 is 2.69 bits per heavy atom. The highest BCUT2D eigenvalue weighted by Gasteiger charge is 2.24. The summed E-state index contributed by atoms with van der Waals surface area (Å²) < 4.78 is 0. The van der Waals surface area contributed by atoms with Crippen LogP contribution in [0.4, 0.5) is 0 Å². The van der Waals surface area contributed by atoms with Gasteiger partial charge in [0.1, 0.15) is 0 Å². The van der Waals surface area contributed by atoms with Crippen LogP contribution in [-0.2, 0) is 11.2 Å². The molecule has 0 radical (unpaired) electrons. The van der Waals surface area contributed by atoms with Gasteiger partial charge in [0.25, 0.3) is 0 Å². The van der Waals surface area contributed by atoms with Gasteiger partial charge in [-0.2, -0.15) is 5.10 Å². The summed E-state index contributed by atoms with van der Waals surface area (Å²) in [5.41, 5.74) is 4.66. The molecular formula is C13H16N2O. The molecule has 0 heterocycles. The number of hydrazone groups is 1. The molecule has 84 valence electrons. The molecule has 1 aromatic rings. The van der Waals surface area contributed by atoms with E-state index >= 15 is 0 Å². The Labute approximate surface area is 95.6 Å².